The highest BCUT2D eigenvalue weighted by atomic mass is 16.2. The molecule has 1 rings (SSSR count). The Bertz CT molecular complexity index is 299. The second-order valence-corrected chi connectivity index (χ2v) is 3.35. The molecule has 3 N–H and O–H groups in total. The van der Waals surface area contributed by atoms with Gasteiger partial charge in [0.15, 0.2) is 5.82 Å². The van der Waals surface area contributed by atoms with E-state index in [1.165, 1.54) is 18.6 Å². The summed E-state index contributed by atoms with van der Waals surface area (Å²) < 4.78 is 0. The van der Waals surface area contributed by atoms with Crippen LogP contribution in [0.3, 0.4) is 0 Å². The van der Waals surface area contributed by atoms with Crippen LogP contribution in [0.25, 0.3) is 0 Å². The minimum absolute atomic E-state index is 0.103. The molecule has 1 aromatic heterocycles. The van der Waals surface area contributed by atoms with Gasteiger partial charge in [0.1, 0.15) is 0 Å². The first-order valence-electron chi connectivity index (χ1n) is 4.43. The Morgan fingerprint density at radius 2 is 2.21 bits per heavy atom. The van der Waals surface area contributed by atoms with E-state index < -0.39 is 6.04 Å². The van der Waals surface area contributed by atoms with Crippen molar-refractivity contribution in [1.29, 1.82) is 0 Å². The molecule has 1 aromatic rings. The molecule has 0 bridgehead atoms. The van der Waals surface area contributed by atoms with E-state index in [0.29, 0.717) is 5.82 Å². The minimum Gasteiger partial charge on any atom is -0.320 e. The van der Waals surface area contributed by atoms with Gasteiger partial charge in [-0.25, -0.2) is 4.98 Å². The summed E-state index contributed by atoms with van der Waals surface area (Å²) in [4.78, 5) is 19.2. The summed E-state index contributed by atoms with van der Waals surface area (Å²) in [6, 6.07) is -0.517. The third-order valence-corrected chi connectivity index (χ3v) is 1.84. The zero-order valence-electron chi connectivity index (χ0n) is 8.27. The monoisotopic (exact) mass is 194 g/mol. The van der Waals surface area contributed by atoms with Crippen LogP contribution in [0, 0.1) is 5.92 Å². The summed E-state index contributed by atoms with van der Waals surface area (Å²) in [6.07, 6.45) is 4.53. The van der Waals surface area contributed by atoms with Gasteiger partial charge in [0.25, 0.3) is 0 Å². The molecule has 0 aliphatic carbocycles. The first-order valence-corrected chi connectivity index (χ1v) is 4.43. The van der Waals surface area contributed by atoms with E-state index in [1.54, 1.807) is 0 Å². The maximum absolute atomic E-state index is 11.5. The molecule has 0 aliphatic rings. The molecule has 0 spiro atoms. The fraction of sp³-hybridized carbons (Fsp3) is 0.444. The predicted molar refractivity (Wildman–Crippen MR) is 53.5 cm³/mol. The van der Waals surface area contributed by atoms with Gasteiger partial charge in [-0.05, 0) is 5.92 Å². The second kappa shape index (κ2) is 4.66. The van der Waals surface area contributed by atoms with Gasteiger partial charge in [0.2, 0.25) is 5.91 Å². The van der Waals surface area contributed by atoms with Crippen LogP contribution in [0.4, 0.5) is 5.82 Å². The Morgan fingerprint density at radius 1 is 1.50 bits per heavy atom. The Balaban J connectivity index is 2.58. The normalized spacial score (nSPS) is 12.6. The second-order valence-electron chi connectivity index (χ2n) is 3.35. The molecule has 76 valence electrons. The Morgan fingerprint density at radius 3 is 2.71 bits per heavy atom. The van der Waals surface area contributed by atoms with E-state index in [-0.39, 0.29) is 11.8 Å². The van der Waals surface area contributed by atoms with Crippen molar-refractivity contribution in [3.05, 3.63) is 18.6 Å². The largest absolute Gasteiger partial charge is 0.320 e. The molecule has 0 aromatic carbocycles. The van der Waals surface area contributed by atoms with Gasteiger partial charge in [-0.2, -0.15) is 0 Å². The summed E-state index contributed by atoms with van der Waals surface area (Å²) in [7, 11) is 0. The number of hydrogen-bond acceptors (Lipinski definition) is 4. The van der Waals surface area contributed by atoms with E-state index in [2.05, 4.69) is 15.3 Å². The third-order valence-electron chi connectivity index (χ3n) is 1.84. The van der Waals surface area contributed by atoms with E-state index in [0.717, 1.165) is 0 Å². The molecule has 5 nitrogen and oxygen atoms in total. The zero-order chi connectivity index (χ0) is 10.6. The maximum Gasteiger partial charge on any atom is 0.242 e. The Labute approximate surface area is 82.7 Å². The number of nitrogens with zero attached hydrogens (tertiary/aromatic N) is 2. The van der Waals surface area contributed by atoms with E-state index in [4.69, 9.17) is 5.73 Å². The van der Waals surface area contributed by atoms with Gasteiger partial charge in [-0.3, -0.25) is 9.78 Å². The molecule has 1 amide bonds. The summed E-state index contributed by atoms with van der Waals surface area (Å²) in [5.74, 6) is 0.292. The topological polar surface area (TPSA) is 80.9 Å². The van der Waals surface area contributed by atoms with Crippen LogP contribution >= 0.6 is 0 Å². The van der Waals surface area contributed by atoms with Gasteiger partial charge >= 0.3 is 0 Å². The lowest BCUT2D eigenvalue weighted by Crippen LogP contribution is -2.39. The molecule has 1 heterocycles. The van der Waals surface area contributed by atoms with E-state index in [9.17, 15) is 4.79 Å². The van der Waals surface area contributed by atoms with Crippen molar-refractivity contribution >= 4 is 11.7 Å². The van der Waals surface area contributed by atoms with Gasteiger partial charge < -0.3 is 11.1 Å². The summed E-state index contributed by atoms with van der Waals surface area (Å²) in [5.41, 5.74) is 5.65. The summed E-state index contributed by atoms with van der Waals surface area (Å²) in [5, 5.41) is 2.59. The van der Waals surface area contributed by atoms with Crippen molar-refractivity contribution < 1.29 is 4.79 Å². The SMILES string of the molecule is CC(C)[C@H](N)C(=O)Nc1cnccn1. The van der Waals surface area contributed by atoms with E-state index >= 15 is 0 Å². The Kier molecular flexibility index (Phi) is 3.53. The number of nitrogens with two attached hydrogens (primary N) is 1. The number of carbonyl (C=O) groups is 1. The van der Waals surface area contributed by atoms with Crippen LogP contribution in [-0.2, 0) is 4.79 Å². The van der Waals surface area contributed by atoms with Crippen LogP contribution in [0.1, 0.15) is 13.8 Å². The molecule has 1 atom stereocenters. The van der Waals surface area contributed by atoms with Gasteiger partial charge in [0.05, 0.1) is 12.2 Å². The van der Waals surface area contributed by atoms with Gasteiger partial charge in [-0.15, -0.1) is 0 Å². The number of hydrogen-bond donors (Lipinski definition) is 2. The maximum atomic E-state index is 11.5. The molecule has 14 heavy (non-hydrogen) atoms. The average molecular weight is 194 g/mol. The lowest BCUT2D eigenvalue weighted by atomic mass is 10.1. The van der Waals surface area contributed by atoms with Crippen molar-refractivity contribution in [3.63, 3.8) is 0 Å². The van der Waals surface area contributed by atoms with Crippen molar-refractivity contribution in [2.45, 2.75) is 19.9 Å². The molecular formula is C9H14N4O. The number of nitrogens with one attached hydrogen (secondary N) is 1. The highest BCUT2D eigenvalue weighted by Crippen LogP contribution is 2.03. The average Bonchev–Trinajstić information content (AvgIpc) is 2.18. The molecule has 0 unspecified atom stereocenters. The smallest absolute Gasteiger partial charge is 0.242 e. The predicted octanol–water partition coefficient (Wildman–Crippen LogP) is 0.398. The molecule has 0 saturated heterocycles. The molecule has 5 heteroatoms. The van der Waals surface area contributed by atoms with Gasteiger partial charge in [0, 0.05) is 12.4 Å². The summed E-state index contributed by atoms with van der Waals surface area (Å²) >= 11 is 0. The number of anilines is 1. The van der Waals surface area contributed by atoms with Crippen molar-refractivity contribution in [3.8, 4) is 0 Å². The molecule has 0 saturated carbocycles. The first-order chi connectivity index (χ1) is 6.61. The number of aromatic nitrogens is 2. The number of carbonyl (C=O) groups excluding carboxylic acids is 1. The number of rotatable bonds is 3. The van der Waals surface area contributed by atoms with E-state index in [1.807, 2.05) is 13.8 Å². The first kappa shape index (κ1) is 10.6. The van der Waals surface area contributed by atoms with Crippen LogP contribution < -0.4 is 11.1 Å². The van der Waals surface area contributed by atoms with Crippen LogP contribution in [-0.4, -0.2) is 21.9 Å². The molecule has 0 fully saturated rings. The third kappa shape index (κ3) is 2.77. The standard InChI is InChI=1S/C9H14N4O/c1-6(2)8(10)9(14)13-7-5-11-3-4-12-7/h3-6,8H,10H2,1-2H3,(H,12,13,14)/t8-/m0/s1. The fourth-order valence-electron chi connectivity index (χ4n) is 0.876. The Hall–Kier alpha value is -1.49. The summed E-state index contributed by atoms with van der Waals surface area (Å²) in [6.45, 7) is 3.78. The quantitative estimate of drug-likeness (QED) is 0.729. The highest BCUT2D eigenvalue weighted by molar-refractivity contribution is 5.93. The van der Waals surface area contributed by atoms with Crippen LogP contribution in [0.15, 0.2) is 18.6 Å². The lowest BCUT2D eigenvalue weighted by molar-refractivity contribution is -0.118. The zero-order valence-corrected chi connectivity index (χ0v) is 8.27. The number of amides is 1. The van der Waals surface area contributed by atoms with Crippen molar-refractivity contribution in [1.82, 2.24) is 9.97 Å². The van der Waals surface area contributed by atoms with Gasteiger partial charge in [-0.1, -0.05) is 13.8 Å². The van der Waals surface area contributed by atoms with Crippen LogP contribution in [0.5, 0.6) is 0 Å². The fourth-order valence-corrected chi connectivity index (χ4v) is 0.876. The van der Waals surface area contributed by atoms with Crippen molar-refractivity contribution in [2.24, 2.45) is 11.7 Å². The van der Waals surface area contributed by atoms with Crippen LogP contribution in [0.2, 0.25) is 0 Å². The molecule has 0 aliphatic heterocycles. The highest BCUT2D eigenvalue weighted by Gasteiger charge is 2.17. The lowest BCUT2D eigenvalue weighted by Gasteiger charge is -2.14. The van der Waals surface area contributed by atoms with Crippen molar-refractivity contribution in [2.75, 3.05) is 5.32 Å². The molecular weight excluding hydrogens is 180 g/mol. The molecule has 0 radical (unpaired) electrons. The minimum atomic E-state index is -0.517.